The molecule has 0 aliphatic heterocycles. The summed E-state index contributed by atoms with van der Waals surface area (Å²) in [7, 11) is 0. The first kappa shape index (κ1) is 15.0. The van der Waals surface area contributed by atoms with E-state index in [1.807, 2.05) is 6.20 Å². The molecule has 0 aliphatic carbocycles. The Morgan fingerprint density at radius 3 is 2.55 bits per heavy atom. The zero-order chi connectivity index (χ0) is 14.5. The standard InChI is InChI=1S/C17H21BrN2/c1-4-12(2)15-7-5-14(6-8-15)10-19-17-13(3)9-16(18)11-20-17/h5-9,11-12H,4,10H2,1-3H3,(H,19,20). The highest BCUT2D eigenvalue weighted by molar-refractivity contribution is 9.10. The van der Waals surface area contributed by atoms with Crippen molar-refractivity contribution in [2.24, 2.45) is 0 Å². The summed E-state index contributed by atoms with van der Waals surface area (Å²) in [5.74, 6) is 1.58. The molecule has 1 unspecified atom stereocenters. The Hall–Kier alpha value is -1.35. The minimum atomic E-state index is 0.632. The molecule has 1 N–H and O–H groups in total. The summed E-state index contributed by atoms with van der Waals surface area (Å²) in [6, 6.07) is 10.9. The Bertz CT molecular complexity index is 564. The molecule has 1 aromatic carbocycles. The summed E-state index contributed by atoms with van der Waals surface area (Å²) in [6.45, 7) is 7.35. The summed E-state index contributed by atoms with van der Waals surface area (Å²) in [5.41, 5.74) is 3.84. The number of nitrogens with one attached hydrogen (secondary N) is 1. The third kappa shape index (κ3) is 3.83. The second-order valence-electron chi connectivity index (χ2n) is 5.22. The average molecular weight is 333 g/mol. The van der Waals surface area contributed by atoms with E-state index in [1.54, 1.807) is 0 Å². The lowest BCUT2D eigenvalue weighted by Crippen LogP contribution is -2.03. The topological polar surface area (TPSA) is 24.9 Å². The van der Waals surface area contributed by atoms with Crippen LogP contribution in [0.25, 0.3) is 0 Å². The number of pyridine rings is 1. The van der Waals surface area contributed by atoms with E-state index < -0.39 is 0 Å². The molecule has 2 aromatic rings. The first-order valence-electron chi connectivity index (χ1n) is 7.05. The number of nitrogens with zero attached hydrogens (tertiary/aromatic N) is 1. The molecule has 0 bridgehead atoms. The van der Waals surface area contributed by atoms with Crippen LogP contribution in [0, 0.1) is 6.92 Å². The first-order chi connectivity index (χ1) is 9.60. The van der Waals surface area contributed by atoms with Crippen molar-refractivity contribution in [3.8, 4) is 0 Å². The fraction of sp³-hybridized carbons (Fsp3) is 0.353. The number of rotatable bonds is 5. The van der Waals surface area contributed by atoms with Crippen LogP contribution >= 0.6 is 15.9 Å². The summed E-state index contributed by atoms with van der Waals surface area (Å²) in [4.78, 5) is 4.39. The van der Waals surface area contributed by atoms with E-state index in [4.69, 9.17) is 0 Å². The molecule has 2 nitrogen and oxygen atoms in total. The molecule has 1 aromatic heterocycles. The molecular formula is C17H21BrN2. The van der Waals surface area contributed by atoms with Gasteiger partial charge < -0.3 is 5.32 Å². The second-order valence-corrected chi connectivity index (χ2v) is 6.14. The van der Waals surface area contributed by atoms with E-state index >= 15 is 0 Å². The van der Waals surface area contributed by atoms with Crippen LogP contribution in [0.3, 0.4) is 0 Å². The van der Waals surface area contributed by atoms with Gasteiger partial charge in [-0.05, 0) is 57.9 Å². The van der Waals surface area contributed by atoms with E-state index in [0.717, 1.165) is 22.4 Å². The van der Waals surface area contributed by atoms with Gasteiger partial charge in [0.2, 0.25) is 0 Å². The van der Waals surface area contributed by atoms with Gasteiger partial charge in [0.15, 0.2) is 0 Å². The smallest absolute Gasteiger partial charge is 0.129 e. The predicted octanol–water partition coefficient (Wildman–Crippen LogP) is 5.28. The monoisotopic (exact) mass is 332 g/mol. The lowest BCUT2D eigenvalue weighted by molar-refractivity contribution is 0.733. The molecule has 0 saturated heterocycles. The minimum absolute atomic E-state index is 0.632. The van der Waals surface area contributed by atoms with Gasteiger partial charge in [0, 0.05) is 17.2 Å². The Kier molecular flexibility index (Phi) is 5.18. The van der Waals surface area contributed by atoms with E-state index in [2.05, 4.69) is 77.3 Å². The molecule has 0 saturated carbocycles. The zero-order valence-corrected chi connectivity index (χ0v) is 13.9. The molecule has 3 heteroatoms. The maximum absolute atomic E-state index is 4.39. The van der Waals surface area contributed by atoms with Gasteiger partial charge in [0.05, 0.1) is 0 Å². The van der Waals surface area contributed by atoms with Crippen molar-refractivity contribution in [3.05, 3.63) is 57.7 Å². The third-order valence-electron chi connectivity index (χ3n) is 3.67. The van der Waals surface area contributed by atoms with Crippen LogP contribution in [0.15, 0.2) is 41.0 Å². The summed E-state index contributed by atoms with van der Waals surface area (Å²) in [6.07, 6.45) is 3.00. The molecule has 2 rings (SSSR count). The first-order valence-corrected chi connectivity index (χ1v) is 7.84. The van der Waals surface area contributed by atoms with Crippen LogP contribution in [-0.2, 0) is 6.54 Å². The van der Waals surface area contributed by atoms with Crippen LogP contribution in [0.1, 0.15) is 42.9 Å². The molecular weight excluding hydrogens is 312 g/mol. The van der Waals surface area contributed by atoms with Crippen LogP contribution in [-0.4, -0.2) is 4.98 Å². The highest BCUT2D eigenvalue weighted by atomic mass is 79.9. The number of hydrogen-bond donors (Lipinski definition) is 1. The van der Waals surface area contributed by atoms with Crippen LogP contribution in [0.5, 0.6) is 0 Å². The maximum atomic E-state index is 4.39. The highest BCUT2D eigenvalue weighted by Crippen LogP contribution is 2.20. The van der Waals surface area contributed by atoms with Crippen molar-refractivity contribution in [2.75, 3.05) is 5.32 Å². The van der Waals surface area contributed by atoms with E-state index in [0.29, 0.717) is 5.92 Å². The number of aryl methyl sites for hydroxylation is 1. The highest BCUT2D eigenvalue weighted by Gasteiger charge is 2.03. The van der Waals surface area contributed by atoms with Crippen LogP contribution < -0.4 is 5.32 Å². The molecule has 1 heterocycles. The number of hydrogen-bond acceptors (Lipinski definition) is 2. The molecule has 0 radical (unpaired) electrons. The fourth-order valence-corrected chi connectivity index (χ4v) is 2.56. The molecule has 20 heavy (non-hydrogen) atoms. The predicted molar refractivity (Wildman–Crippen MR) is 89.1 cm³/mol. The van der Waals surface area contributed by atoms with Gasteiger partial charge in [0.25, 0.3) is 0 Å². The van der Waals surface area contributed by atoms with Crippen molar-refractivity contribution < 1.29 is 0 Å². The van der Waals surface area contributed by atoms with Crippen molar-refractivity contribution >= 4 is 21.7 Å². The Morgan fingerprint density at radius 1 is 1.25 bits per heavy atom. The molecule has 0 spiro atoms. The van der Waals surface area contributed by atoms with Gasteiger partial charge in [-0.15, -0.1) is 0 Å². The number of aromatic nitrogens is 1. The fourth-order valence-electron chi connectivity index (χ4n) is 2.11. The lowest BCUT2D eigenvalue weighted by atomic mass is 9.98. The Balaban J connectivity index is 2.00. The molecule has 106 valence electrons. The molecule has 0 amide bonds. The average Bonchev–Trinajstić information content (AvgIpc) is 2.46. The van der Waals surface area contributed by atoms with Crippen molar-refractivity contribution in [1.82, 2.24) is 4.98 Å². The largest absolute Gasteiger partial charge is 0.366 e. The minimum Gasteiger partial charge on any atom is -0.366 e. The van der Waals surface area contributed by atoms with Crippen molar-refractivity contribution in [1.29, 1.82) is 0 Å². The van der Waals surface area contributed by atoms with E-state index in [9.17, 15) is 0 Å². The summed E-state index contributed by atoms with van der Waals surface area (Å²) in [5, 5.41) is 3.39. The van der Waals surface area contributed by atoms with E-state index in [-0.39, 0.29) is 0 Å². The van der Waals surface area contributed by atoms with Crippen LogP contribution in [0.2, 0.25) is 0 Å². The lowest BCUT2D eigenvalue weighted by Gasteiger charge is -2.11. The number of benzene rings is 1. The van der Waals surface area contributed by atoms with Gasteiger partial charge in [-0.2, -0.15) is 0 Å². The molecule has 1 atom stereocenters. The Morgan fingerprint density at radius 2 is 1.95 bits per heavy atom. The maximum Gasteiger partial charge on any atom is 0.129 e. The van der Waals surface area contributed by atoms with Crippen molar-refractivity contribution in [3.63, 3.8) is 0 Å². The van der Waals surface area contributed by atoms with Crippen molar-refractivity contribution in [2.45, 2.75) is 39.7 Å². The molecule has 0 aliphatic rings. The third-order valence-corrected chi connectivity index (χ3v) is 4.10. The van der Waals surface area contributed by atoms with Gasteiger partial charge in [-0.3, -0.25) is 0 Å². The number of anilines is 1. The quantitative estimate of drug-likeness (QED) is 0.805. The van der Waals surface area contributed by atoms with Crippen LogP contribution in [0.4, 0.5) is 5.82 Å². The van der Waals surface area contributed by atoms with Gasteiger partial charge >= 0.3 is 0 Å². The summed E-state index contributed by atoms with van der Waals surface area (Å²) >= 11 is 3.43. The zero-order valence-electron chi connectivity index (χ0n) is 12.3. The van der Waals surface area contributed by atoms with Gasteiger partial charge in [0.1, 0.15) is 5.82 Å². The Labute approximate surface area is 129 Å². The van der Waals surface area contributed by atoms with E-state index in [1.165, 1.54) is 17.5 Å². The number of halogens is 1. The van der Waals surface area contributed by atoms with Gasteiger partial charge in [-0.1, -0.05) is 38.1 Å². The SMILES string of the molecule is CCC(C)c1ccc(CNc2ncc(Br)cc2C)cc1. The normalized spacial score (nSPS) is 12.2. The molecule has 0 fully saturated rings. The van der Waals surface area contributed by atoms with Gasteiger partial charge in [-0.25, -0.2) is 4.98 Å². The summed E-state index contributed by atoms with van der Waals surface area (Å²) < 4.78 is 1.01. The second kappa shape index (κ2) is 6.89.